The standard InChI is InChI=1S/C7H9N3O2/c1-5(11)8-7-3-4-10(9-7)6(2)12/h3-4H,1-2H3,(H,8,9,11). The molecule has 64 valence electrons. The smallest absolute Gasteiger partial charge is 0.243 e. The third-order valence-electron chi connectivity index (χ3n) is 1.22. The molecular formula is C7H9N3O2. The van der Waals surface area contributed by atoms with Crippen molar-refractivity contribution in [3.63, 3.8) is 0 Å². The fourth-order valence-electron chi connectivity index (χ4n) is 0.746. The van der Waals surface area contributed by atoms with E-state index in [1.807, 2.05) is 0 Å². The number of aromatic nitrogens is 2. The highest BCUT2D eigenvalue weighted by atomic mass is 16.2. The number of rotatable bonds is 1. The van der Waals surface area contributed by atoms with Crippen LogP contribution in [0, 0.1) is 0 Å². The number of hydrogen-bond donors (Lipinski definition) is 1. The van der Waals surface area contributed by atoms with Crippen LogP contribution < -0.4 is 5.32 Å². The molecule has 0 aromatic carbocycles. The summed E-state index contributed by atoms with van der Waals surface area (Å²) in [7, 11) is 0. The monoisotopic (exact) mass is 167 g/mol. The number of anilines is 1. The summed E-state index contributed by atoms with van der Waals surface area (Å²) in [6, 6.07) is 1.56. The molecule has 0 saturated carbocycles. The van der Waals surface area contributed by atoms with Crippen LogP contribution in [-0.4, -0.2) is 21.6 Å². The molecule has 1 rings (SSSR count). The van der Waals surface area contributed by atoms with Gasteiger partial charge in [-0.3, -0.25) is 9.59 Å². The number of nitrogens with zero attached hydrogens (tertiary/aromatic N) is 2. The van der Waals surface area contributed by atoms with Crippen molar-refractivity contribution in [2.45, 2.75) is 13.8 Å². The molecule has 0 saturated heterocycles. The minimum atomic E-state index is -0.205. The van der Waals surface area contributed by atoms with E-state index in [1.54, 1.807) is 6.07 Å². The predicted molar refractivity (Wildman–Crippen MR) is 42.8 cm³/mol. The molecule has 0 bridgehead atoms. The van der Waals surface area contributed by atoms with Gasteiger partial charge in [0.05, 0.1) is 0 Å². The molecule has 1 amide bonds. The lowest BCUT2D eigenvalue weighted by Crippen LogP contribution is -2.09. The lowest BCUT2D eigenvalue weighted by atomic mass is 10.6. The number of carbonyl (C=O) groups is 2. The normalized spacial score (nSPS) is 9.50. The van der Waals surface area contributed by atoms with Crippen molar-refractivity contribution >= 4 is 17.6 Å². The van der Waals surface area contributed by atoms with Crippen LogP contribution in [0.2, 0.25) is 0 Å². The Morgan fingerprint density at radius 2 is 2.17 bits per heavy atom. The average Bonchev–Trinajstić information content (AvgIpc) is 2.34. The van der Waals surface area contributed by atoms with Gasteiger partial charge in [0.1, 0.15) is 0 Å². The Hall–Kier alpha value is -1.65. The Morgan fingerprint density at radius 1 is 1.50 bits per heavy atom. The van der Waals surface area contributed by atoms with Gasteiger partial charge in [-0.1, -0.05) is 0 Å². The molecule has 1 N–H and O–H groups in total. The van der Waals surface area contributed by atoms with Gasteiger partial charge >= 0.3 is 0 Å². The van der Waals surface area contributed by atoms with Crippen molar-refractivity contribution in [1.82, 2.24) is 9.78 Å². The minimum absolute atomic E-state index is 0.188. The molecule has 12 heavy (non-hydrogen) atoms. The van der Waals surface area contributed by atoms with E-state index in [0.29, 0.717) is 5.82 Å². The largest absolute Gasteiger partial charge is 0.309 e. The van der Waals surface area contributed by atoms with Gasteiger partial charge in [-0.15, -0.1) is 5.10 Å². The Kier molecular flexibility index (Phi) is 2.23. The van der Waals surface area contributed by atoms with Crippen LogP contribution >= 0.6 is 0 Å². The second-order valence-electron chi connectivity index (χ2n) is 2.35. The zero-order valence-corrected chi connectivity index (χ0v) is 6.87. The van der Waals surface area contributed by atoms with Crippen LogP contribution in [0.3, 0.4) is 0 Å². The summed E-state index contributed by atoms with van der Waals surface area (Å²) >= 11 is 0. The van der Waals surface area contributed by atoms with E-state index in [-0.39, 0.29) is 11.8 Å². The topological polar surface area (TPSA) is 64.0 Å². The first kappa shape index (κ1) is 8.45. The predicted octanol–water partition coefficient (Wildman–Crippen LogP) is 0.502. The van der Waals surface area contributed by atoms with Crippen LogP contribution in [0.5, 0.6) is 0 Å². The van der Waals surface area contributed by atoms with Crippen molar-refractivity contribution in [2.75, 3.05) is 5.32 Å². The van der Waals surface area contributed by atoms with E-state index in [0.717, 1.165) is 4.68 Å². The van der Waals surface area contributed by atoms with Gasteiger partial charge in [-0.2, -0.15) is 0 Å². The van der Waals surface area contributed by atoms with Crippen molar-refractivity contribution < 1.29 is 9.59 Å². The lowest BCUT2D eigenvalue weighted by Gasteiger charge is -1.94. The highest BCUT2D eigenvalue weighted by molar-refractivity contribution is 5.87. The van der Waals surface area contributed by atoms with Gasteiger partial charge in [-0.25, -0.2) is 4.68 Å². The molecule has 5 nitrogen and oxygen atoms in total. The fourth-order valence-corrected chi connectivity index (χ4v) is 0.746. The molecule has 1 aromatic heterocycles. The Morgan fingerprint density at radius 3 is 2.58 bits per heavy atom. The summed E-state index contributed by atoms with van der Waals surface area (Å²) in [5.41, 5.74) is 0. The summed E-state index contributed by atoms with van der Waals surface area (Å²) in [5, 5.41) is 6.24. The van der Waals surface area contributed by atoms with E-state index in [1.165, 1.54) is 20.0 Å². The average molecular weight is 167 g/mol. The van der Waals surface area contributed by atoms with Crippen LogP contribution in [0.15, 0.2) is 12.3 Å². The molecule has 1 aromatic rings. The first-order chi connectivity index (χ1) is 5.59. The zero-order chi connectivity index (χ0) is 9.14. The van der Waals surface area contributed by atoms with Crippen LogP contribution in [0.1, 0.15) is 18.6 Å². The maximum Gasteiger partial charge on any atom is 0.243 e. The summed E-state index contributed by atoms with van der Waals surface area (Å²) in [5.74, 6) is -0.00639. The SMILES string of the molecule is CC(=O)Nc1ccn(C(C)=O)n1. The van der Waals surface area contributed by atoms with Gasteiger partial charge < -0.3 is 5.32 Å². The molecule has 0 aliphatic rings. The van der Waals surface area contributed by atoms with E-state index < -0.39 is 0 Å². The minimum Gasteiger partial charge on any atom is -0.309 e. The highest BCUT2D eigenvalue weighted by Crippen LogP contribution is 2.01. The molecule has 1 heterocycles. The van der Waals surface area contributed by atoms with E-state index in [9.17, 15) is 9.59 Å². The maximum absolute atomic E-state index is 10.7. The quantitative estimate of drug-likeness (QED) is 0.662. The van der Waals surface area contributed by atoms with Gasteiger partial charge in [0.25, 0.3) is 0 Å². The number of nitrogens with one attached hydrogen (secondary N) is 1. The summed E-state index contributed by atoms with van der Waals surface area (Å²) in [6.45, 7) is 2.78. The Labute approximate surface area is 69.4 Å². The first-order valence-corrected chi connectivity index (χ1v) is 3.44. The van der Waals surface area contributed by atoms with Crippen molar-refractivity contribution in [3.05, 3.63) is 12.3 Å². The molecule has 0 aliphatic carbocycles. The molecular weight excluding hydrogens is 158 g/mol. The third-order valence-corrected chi connectivity index (χ3v) is 1.22. The first-order valence-electron chi connectivity index (χ1n) is 3.44. The van der Waals surface area contributed by atoms with Crippen LogP contribution in [0.25, 0.3) is 0 Å². The van der Waals surface area contributed by atoms with Gasteiger partial charge in [0.2, 0.25) is 11.8 Å². The van der Waals surface area contributed by atoms with Gasteiger partial charge in [0.15, 0.2) is 5.82 Å². The summed E-state index contributed by atoms with van der Waals surface area (Å²) in [6.07, 6.45) is 1.49. The fraction of sp³-hybridized carbons (Fsp3) is 0.286. The number of amides is 1. The van der Waals surface area contributed by atoms with Crippen molar-refractivity contribution in [1.29, 1.82) is 0 Å². The molecule has 0 radical (unpaired) electrons. The van der Waals surface area contributed by atoms with E-state index >= 15 is 0 Å². The lowest BCUT2D eigenvalue weighted by molar-refractivity contribution is -0.114. The molecule has 0 spiro atoms. The third kappa shape index (κ3) is 1.91. The van der Waals surface area contributed by atoms with Crippen LogP contribution in [0.4, 0.5) is 5.82 Å². The Bertz CT molecular complexity index is 316. The van der Waals surface area contributed by atoms with Crippen molar-refractivity contribution in [2.24, 2.45) is 0 Å². The van der Waals surface area contributed by atoms with E-state index in [4.69, 9.17) is 0 Å². The molecule has 0 aliphatic heterocycles. The van der Waals surface area contributed by atoms with Crippen LogP contribution in [-0.2, 0) is 4.79 Å². The molecule has 0 unspecified atom stereocenters. The van der Waals surface area contributed by atoms with E-state index in [2.05, 4.69) is 10.4 Å². The van der Waals surface area contributed by atoms with Crippen molar-refractivity contribution in [3.8, 4) is 0 Å². The maximum atomic E-state index is 10.7. The molecule has 0 atom stereocenters. The number of carbonyl (C=O) groups excluding carboxylic acids is 2. The van der Waals surface area contributed by atoms with Gasteiger partial charge in [0, 0.05) is 26.1 Å². The Balaban J connectivity index is 2.77. The summed E-state index contributed by atoms with van der Waals surface area (Å²) < 4.78 is 1.16. The van der Waals surface area contributed by atoms with Gasteiger partial charge in [-0.05, 0) is 0 Å². The number of hydrogen-bond acceptors (Lipinski definition) is 3. The summed E-state index contributed by atoms with van der Waals surface area (Å²) in [4.78, 5) is 21.3. The zero-order valence-electron chi connectivity index (χ0n) is 6.87. The molecule has 0 fully saturated rings. The molecule has 5 heteroatoms. The second kappa shape index (κ2) is 3.17. The second-order valence-corrected chi connectivity index (χ2v) is 2.35. The highest BCUT2D eigenvalue weighted by Gasteiger charge is 2.01.